The first kappa shape index (κ1) is 46.0. The standard InChI is InChI=1S/C45H43F5N10O4S/c1-6-28(11-9-25(2)38-37(40-53-24-54-58(40)5)39-36-31(41(61)57-56-39)19-27(46)20-34(36)55-38)52-15-7-16-63-17-8-18-64-35-14-13-30(22-33(35)47)60-43(65)59(42(62)44(60,3)4)29-12-10-26(23-51)32(21-29)45(48,49)50/h6,9-14,19-22,24,37-38,52,55H,2,7-8,15-18H2,1,3-5H3,(H,57,61)/b11-9-,28-6+/t37-,38-/m1/s1. The van der Waals surface area contributed by atoms with E-state index >= 15 is 4.39 Å². The van der Waals surface area contributed by atoms with Crippen molar-refractivity contribution >= 4 is 51.1 Å². The normalized spacial score (nSPS) is 17.2. The van der Waals surface area contributed by atoms with Crippen LogP contribution in [0.2, 0.25) is 0 Å². The first-order chi connectivity index (χ1) is 31.0. The molecule has 20 heteroatoms. The number of nitriles is 1. The summed E-state index contributed by atoms with van der Waals surface area (Å²) < 4.78 is 84.1. The second kappa shape index (κ2) is 18.6. The number of alkyl halides is 3. The minimum absolute atomic E-state index is 0.0481. The summed E-state index contributed by atoms with van der Waals surface area (Å²) >= 11 is 5.55. The number of nitrogens with one attached hydrogen (secondary N) is 3. The van der Waals surface area contributed by atoms with Crippen LogP contribution in [0.4, 0.5) is 39.0 Å². The Morgan fingerprint density at radius 1 is 1.06 bits per heavy atom. The molecule has 2 aliphatic rings. The Morgan fingerprint density at radius 2 is 1.82 bits per heavy atom. The number of thiocarbonyl (C=S) groups is 1. The number of halogens is 5. The Bertz CT molecular complexity index is 2850. The van der Waals surface area contributed by atoms with Crippen LogP contribution in [0.3, 0.4) is 0 Å². The molecular weight excluding hydrogens is 872 g/mol. The highest BCUT2D eigenvalue weighted by molar-refractivity contribution is 7.81. The molecule has 1 fully saturated rings. The third-order valence-electron chi connectivity index (χ3n) is 11.0. The number of H-pyrrole nitrogens is 1. The van der Waals surface area contributed by atoms with Gasteiger partial charge in [0.15, 0.2) is 16.7 Å². The number of rotatable bonds is 16. The number of aromatic nitrogens is 5. The quantitative estimate of drug-likeness (QED) is 0.0386. The Morgan fingerprint density at radius 3 is 2.51 bits per heavy atom. The van der Waals surface area contributed by atoms with Crippen LogP contribution in [-0.2, 0) is 22.8 Å². The zero-order chi connectivity index (χ0) is 46.8. The van der Waals surface area contributed by atoms with Gasteiger partial charge in [0.1, 0.15) is 23.5 Å². The average Bonchev–Trinajstić information content (AvgIpc) is 3.76. The van der Waals surface area contributed by atoms with E-state index < -0.39 is 57.9 Å². The molecule has 0 bridgehead atoms. The van der Waals surface area contributed by atoms with Crippen molar-refractivity contribution in [1.82, 2.24) is 30.3 Å². The monoisotopic (exact) mass is 914 g/mol. The maximum absolute atomic E-state index is 15.3. The largest absolute Gasteiger partial charge is 0.490 e. The number of allylic oxidation sites excluding steroid dienone is 2. The molecule has 0 unspecified atom stereocenters. The number of aromatic amines is 1. The van der Waals surface area contributed by atoms with Gasteiger partial charge in [-0.1, -0.05) is 18.7 Å². The Balaban J connectivity index is 0.872. The molecule has 0 radical (unpaired) electrons. The lowest BCUT2D eigenvalue weighted by atomic mass is 9.83. The van der Waals surface area contributed by atoms with Crippen molar-refractivity contribution in [3.05, 3.63) is 136 Å². The highest BCUT2D eigenvalue weighted by Gasteiger charge is 2.51. The van der Waals surface area contributed by atoms with Crippen molar-refractivity contribution in [3.63, 3.8) is 0 Å². The average molecular weight is 915 g/mol. The number of nitrogens with zero attached hydrogens (tertiary/aromatic N) is 7. The molecule has 2 atom stereocenters. The Kier molecular flexibility index (Phi) is 13.2. The summed E-state index contributed by atoms with van der Waals surface area (Å²) in [7, 11) is 1.75. The molecule has 65 heavy (non-hydrogen) atoms. The van der Waals surface area contributed by atoms with Crippen LogP contribution in [0, 0.1) is 23.0 Å². The third kappa shape index (κ3) is 9.19. The molecule has 4 heterocycles. The molecule has 7 rings (SSSR count). The van der Waals surface area contributed by atoms with Gasteiger partial charge in [-0.05, 0) is 93.5 Å². The van der Waals surface area contributed by atoms with Gasteiger partial charge < -0.3 is 25.0 Å². The minimum atomic E-state index is -4.85. The number of anilines is 3. The predicted octanol–water partition coefficient (Wildman–Crippen LogP) is 7.54. The number of carbonyl (C=O) groups excluding carboxylic acids is 1. The summed E-state index contributed by atoms with van der Waals surface area (Å²) in [6.07, 6.45) is 3.33. The molecular formula is C45H43F5N10O4S. The number of aryl methyl sites for hydroxylation is 1. The van der Waals surface area contributed by atoms with Crippen molar-refractivity contribution in [2.45, 2.75) is 57.3 Å². The fourth-order valence-corrected chi connectivity index (χ4v) is 8.34. The number of amides is 1. The molecule has 3 aromatic carbocycles. The highest BCUT2D eigenvalue weighted by Crippen LogP contribution is 2.43. The van der Waals surface area contributed by atoms with Gasteiger partial charge in [0.05, 0.1) is 52.5 Å². The second-order valence-corrected chi connectivity index (χ2v) is 16.0. The minimum Gasteiger partial charge on any atom is -0.490 e. The van der Waals surface area contributed by atoms with Crippen LogP contribution in [0.25, 0.3) is 10.8 Å². The van der Waals surface area contributed by atoms with Gasteiger partial charge in [-0.3, -0.25) is 19.2 Å². The summed E-state index contributed by atoms with van der Waals surface area (Å²) in [5.41, 5.74) is -1.28. The summed E-state index contributed by atoms with van der Waals surface area (Å²) in [6, 6.07) is 10.4. The fraction of sp³-hybridized carbons (Fsp3) is 0.311. The van der Waals surface area contributed by atoms with Gasteiger partial charge in [0, 0.05) is 61.8 Å². The van der Waals surface area contributed by atoms with E-state index in [1.165, 1.54) is 61.5 Å². The van der Waals surface area contributed by atoms with Gasteiger partial charge in [0.2, 0.25) is 0 Å². The number of hydrogen-bond acceptors (Lipinski definition) is 11. The SMILES string of the molecule is C=C(/C=C\C(=C/C)NCCCOCCCOc1ccc(N2C(=S)N(c3ccc(C#N)c(C(F)(F)F)c3)C(=O)C2(C)C)cc1F)[C@H]1Nc2cc(F)cc3c(=O)[nH]nc(c23)[C@@H]1c1ncnn1C. The van der Waals surface area contributed by atoms with Crippen LogP contribution >= 0.6 is 12.2 Å². The number of carbonyl (C=O) groups is 1. The van der Waals surface area contributed by atoms with Gasteiger partial charge in [-0.25, -0.2) is 18.9 Å². The number of benzene rings is 3. The lowest BCUT2D eigenvalue weighted by Crippen LogP contribution is -2.44. The molecule has 3 N–H and O–H groups in total. The van der Waals surface area contributed by atoms with Gasteiger partial charge in [-0.2, -0.15) is 28.6 Å². The van der Waals surface area contributed by atoms with Crippen molar-refractivity contribution in [1.29, 1.82) is 5.26 Å². The summed E-state index contributed by atoms with van der Waals surface area (Å²) in [5, 5.41) is 27.5. The maximum Gasteiger partial charge on any atom is 0.417 e. The smallest absolute Gasteiger partial charge is 0.417 e. The van der Waals surface area contributed by atoms with Crippen LogP contribution in [0.15, 0.2) is 95.7 Å². The second-order valence-electron chi connectivity index (χ2n) is 15.7. The first-order valence-electron chi connectivity index (χ1n) is 20.4. The van der Waals surface area contributed by atoms with Gasteiger partial charge in [-0.15, -0.1) is 0 Å². The third-order valence-corrected chi connectivity index (χ3v) is 11.4. The molecule has 14 nitrogen and oxygen atoms in total. The molecule has 0 aliphatic carbocycles. The molecule has 0 spiro atoms. The summed E-state index contributed by atoms with van der Waals surface area (Å²) in [5.74, 6) is -1.92. The zero-order valence-electron chi connectivity index (χ0n) is 35.6. The van der Waals surface area contributed by atoms with Gasteiger partial charge >= 0.3 is 6.18 Å². The van der Waals surface area contributed by atoms with E-state index in [4.69, 9.17) is 21.7 Å². The fourth-order valence-electron chi connectivity index (χ4n) is 7.82. The van der Waals surface area contributed by atoms with E-state index in [2.05, 4.69) is 37.5 Å². The molecule has 2 aromatic heterocycles. The van der Waals surface area contributed by atoms with E-state index in [1.54, 1.807) is 11.7 Å². The van der Waals surface area contributed by atoms with Gasteiger partial charge in [0.25, 0.3) is 11.5 Å². The van der Waals surface area contributed by atoms with E-state index in [1.807, 2.05) is 25.2 Å². The van der Waals surface area contributed by atoms with Crippen molar-refractivity contribution in [2.24, 2.45) is 7.05 Å². The molecule has 1 amide bonds. The van der Waals surface area contributed by atoms with Crippen molar-refractivity contribution in [3.8, 4) is 11.8 Å². The molecule has 0 saturated carbocycles. The molecule has 1 saturated heterocycles. The Hall–Kier alpha value is -6.98. The van der Waals surface area contributed by atoms with Crippen LogP contribution in [0.1, 0.15) is 62.2 Å². The molecule has 2 aliphatic heterocycles. The number of ether oxygens (including phenoxy) is 2. The highest BCUT2D eigenvalue weighted by atomic mass is 32.1. The van der Waals surface area contributed by atoms with E-state index in [-0.39, 0.29) is 34.2 Å². The maximum atomic E-state index is 15.3. The number of hydrogen-bond donors (Lipinski definition) is 3. The summed E-state index contributed by atoms with van der Waals surface area (Å²) in [4.78, 5) is 32.9. The van der Waals surface area contributed by atoms with E-state index in [0.29, 0.717) is 66.8 Å². The van der Waals surface area contributed by atoms with Crippen molar-refractivity contribution < 1.29 is 36.2 Å². The van der Waals surface area contributed by atoms with E-state index in [9.17, 15) is 32.4 Å². The lowest BCUT2D eigenvalue weighted by Gasteiger charge is -2.34. The van der Waals surface area contributed by atoms with Crippen LogP contribution < -0.4 is 30.7 Å². The zero-order valence-corrected chi connectivity index (χ0v) is 36.4. The van der Waals surface area contributed by atoms with Crippen molar-refractivity contribution in [2.75, 3.05) is 41.5 Å². The molecule has 5 aromatic rings. The lowest BCUT2D eigenvalue weighted by molar-refractivity contribution is -0.137. The van der Waals surface area contributed by atoms with Crippen LogP contribution in [0.5, 0.6) is 5.75 Å². The first-order valence-corrected chi connectivity index (χ1v) is 20.8. The van der Waals surface area contributed by atoms with E-state index in [0.717, 1.165) is 22.7 Å². The predicted molar refractivity (Wildman–Crippen MR) is 237 cm³/mol. The molecule has 338 valence electrons. The van der Waals surface area contributed by atoms with Crippen LogP contribution in [-0.4, -0.2) is 73.9 Å². The summed E-state index contributed by atoms with van der Waals surface area (Å²) in [6.45, 7) is 10.8. The Labute approximate surface area is 375 Å². The topological polar surface area (TPSA) is 166 Å².